The number of hydrogen-bond acceptors (Lipinski definition) is 4. The highest BCUT2D eigenvalue weighted by atomic mass is 19.1. The average Bonchev–Trinajstić information content (AvgIpc) is 3.51. The number of nitrogens with one attached hydrogen (secondary N) is 1. The third kappa shape index (κ3) is 5.61. The number of carbonyl (C=O) groups excluding carboxylic acids is 1. The standard InChI is InChI=1S/C46H64FNO4/c1-30(2)33-17-24-46(48-27-38(49)50)26-25-43(6)35(39(33)46)13-14-37-42(5)20-18-34(41(3,4)36(42)19-21-44(37,43)7)32-15-22-45(29-47,23-16-32)40(51)52-28-31-11-9-8-10-12-31/h8-12,15,18,33,35-37,39,48H,1,13-14,16-17,19-29H2,2-7H3,(H,49,50)/t33-,35+,36-,37+,39+,42-,43+,44+,45?,46-/m0/s1. The summed E-state index contributed by atoms with van der Waals surface area (Å²) in [5, 5.41) is 13.3. The summed E-state index contributed by atoms with van der Waals surface area (Å²) in [5.74, 6) is 1.41. The second kappa shape index (κ2) is 13.2. The SMILES string of the molecule is C=C(C)[C@@H]1CC[C@]2(NCC(=O)O)CC[C@]3(C)[C@H](CC[C@@H]4[C@@]5(C)CC=C(C6=CCC(CF)(C(=O)OCc7ccccc7)CC6)C(C)(C)[C@@H]5CC[C@]43C)[C@@H]12. The molecule has 0 aromatic heterocycles. The number of rotatable bonds is 9. The summed E-state index contributed by atoms with van der Waals surface area (Å²) < 4.78 is 20.4. The number of halogens is 1. The predicted octanol–water partition coefficient (Wildman–Crippen LogP) is 10.4. The van der Waals surface area contributed by atoms with Crippen LogP contribution in [-0.2, 0) is 20.9 Å². The molecule has 6 heteroatoms. The summed E-state index contributed by atoms with van der Waals surface area (Å²) in [6, 6.07) is 9.63. The van der Waals surface area contributed by atoms with E-state index in [-0.39, 0.29) is 40.4 Å². The van der Waals surface area contributed by atoms with Crippen molar-refractivity contribution in [2.24, 2.45) is 56.7 Å². The Morgan fingerprint density at radius 3 is 2.31 bits per heavy atom. The molecule has 6 aliphatic carbocycles. The highest BCUT2D eigenvalue weighted by Crippen LogP contribution is 2.76. The zero-order valence-corrected chi connectivity index (χ0v) is 32.8. The van der Waals surface area contributed by atoms with Gasteiger partial charge in [0.25, 0.3) is 0 Å². The highest BCUT2D eigenvalue weighted by Gasteiger charge is 2.70. The second-order valence-corrected chi connectivity index (χ2v) is 19.5. The fourth-order valence-electron chi connectivity index (χ4n) is 14.2. The predicted molar refractivity (Wildman–Crippen MR) is 205 cm³/mol. The molecular weight excluding hydrogens is 650 g/mol. The van der Waals surface area contributed by atoms with Crippen molar-refractivity contribution in [3.63, 3.8) is 0 Å². The molecule has 1 unspecified atom stereocenters. The number of carboxylic acid groups (broad SMARTS) is 1. The maximum Gasteiger partial charge on any atom is 0.317 e. The van der Waals surface area contributed by atoms with Gasteiger partial charge in [0.15, 0.2) is 0 Å². The molecule has 7 rings (SSSR count). The largest absolute Gasteiger partial charge is 0.480 e. The van der Waals surface area contributed by atoms with Crippen LogP contribution < -0.4 is 5.32 Å². The van der Waals surface area contributed by atoms with E-state index in [9.17, 15) is 19.1 Å². The van der Waals surface area contributed by atoms with Crippen LogP contribution in [0.2, 0.25) is 0 Å². The molecule has 2 N–H and O–H groups in total. The molecule has 0 bridgehead atoms. The molecule has 284 valence electrons. The van der Waals surface area contributed by atoms with Crippen molar-refractivity contribution in [1.29, 1.82) is 0 Å². The first-order valence-corrected chi connectivity index (χ1v) is 20.4. The van der Waals surface area contributed by atoms with Crippen LogP contribution in [-0.4, -0.2) is 35.8 Å². The van der Waals surface area contributed by atoms with Crippen molar-refractivity contribution in [3.05, 3.63) is 71.3 Å². The number of esters is 1. The van der Waals surface area contributed by atoms with Crippen LogP contribution in [0.3, 0.4) is 0 Å². The Hall–Kier alpha value is -2.73. The summed E-state index contributed by atoms with van der Waals surface area (Å²) in [6.07, 6.45) is 16.6. The lowest BCUT2D eigenvalue weighted by molar-refractivity contribution is -0.221. The third-order valence-electron chi connectivity index (χ3n) is 17.1. The lowest BCUT2D eigenvalue weighted by Crippen LogP contribution is -2.68. The summed E-state index contributed by atoms with van der Waals surface area (Å²) in [6.45, 7) is 19.0. The Bertz CT molecular complexity index is 1650. The van der Waals surface area contributed by atoms with E-state index >= 15 is 0 Å². The first-order valence-electron chi connectivity index (χ1n) is 20.4. The molecule has 1 aromatic carbocycles. The second-order valence-electron chi connectivity index (χ2n) is 19.5. The van der Waals surface area contributed by atoms with Gasteiger partial charge in [-0.25, -0.2) is 4.39 Å². The molecule has 6 aliphatic rings. The van der Waals surface area contributed by atoms with Gasteiger partial charge in [-0.05, 0) is 152 Å². The molecule has 0 aliphatic heterocycles. The number of alkyl halides is 1. The Morgan fingerprint density at radius 2 is 1.65 bits per heavy atom. The van der Waals surface area contributed by atoms with E-state index < -0.39 is 24.0 Å². The topological polar surface area (TPSA) is 75.6 Å². The normalized spacial score (nSPS) is 42.0. The monoisotopic (exact) mass is 713 g/mol. The lowest BCUT2D eigenvalue weighted by Gasteiger charge is -2.72. The van der Waals surface area contributed by atoms with E-state index in [1.54, 1.807) is 0 Å². The molecule has 0 saturated heterocycles. The molecule has 0 spiro atoms. The van der Waals surface area contributed by atoms with E-state index in [0.717, 1.165) is 37.7 Å². The van der Waals surface area contributed by atoms with Gasteiger partial charge < -0.3 is 15.2 Å². The van der Waals surface area contributed by atoms with Crippen LogP contribution in [0.15, 0.2) is 65.8 Å². The molecule has 4 saturated carbocycles. The maximum atomic E-state index is 14.7. The summed E-state index contributed by atoms with van der Waals surface area (Å²) in [7, 11) is 0. The zero-order valence-electron chi connectivity index (χ0n) is 32.8. The number of carbonyl (C=O) groups is 2. The smallest absolute Gasteiger partial charge is 0.317 e. The quantitative estimate of drug-likeness (QED) is 0.197. The van der Waals surface area contributed by atoms with Crippen LogP contribution in [0.1, 0.15) is 124 Å². The van der Waals surface area contributed by atoms with E-state index in [1.165, 1.54) is 42.4 Å². The number of allylic oxidation sites excluding steroid dienone is 5. The van der Waals surface area contributed by atoms with E-state index in [4.69, 9.17) is 4.74 Å². The van der Waals surface area contributed by atoms with Gasteiger partial charge in [0.1, 0.15) is 13.3 Å². The molecule has 0 heterocycles. The average molecular weight is 714 g/mol. The fourth-order valence-corrected chi connectivity index (χ4v) is 14.2. The van der Waals surface area contributed by atoms with Gasteiger partial charge in [0.05, 0.1) is 12.0 Å². The van der Waals surface area contributed by atoms with E-state index in [0.29, 0.717) is 48.9 Å². The minimum Gasteiger partial charge on any atom is -0.480 e. The van der Waals surface area contributed by atoms with Gasteiger partial charge in [-0.15, -0.1) is 0 Å². The van der Waals surface area contributed by atoms with Crippen LogP contribution >= 0.6 is 0 Å². The third-order valence-corrected chi connectivity index (χ3v) is 17.1. The minimum absolute atomic E-state index is 0.0274. The van der Waals surface area contributed by atoms with Gasteiger partial charge in [-0.3, -0.25) is 9.59 Å². The Labute approximate surface area is 312 Å². The van der Waals surface area contributed by atoms with E-state index in [1.807, 2.05) is 30.3 Å². The summed E-state index contributed by atoms with van der Waals surface area (Å²) in [5.41, 5.74) is 4.25. The molecule has 5 nitrogen and oxygen atoms in total. The van der Waals surface area contributed by atoms with Gasteiger partial charge in [-0.1, -0.05) is 89.3 Å². The van der Waals surface area contributed by atoms with Crippen LogP contribution in [0.25, 0.3) is 0 Å². The number of aliphatic carboxylic acids is 1. The summed E-state index contributed by atoms with van der Waals surface area (Å²) in [4.78, 5) is 25.1. The van der Waals surface area contributed by atoms with E-state index in [2.05, 4.69) is 65.6 Å². The molecule has 1 aromatic rings. The van der Waals surface area contributed by atoms with Crippen LogP contribution in [0, 0.1) is 56.7 Å². The number of hydrogen-bond donors (Lipinski definition) is 2. The van der Waals surface area contributed by atoms with Crippen molar-refractivity contribution in [1.82, 2.24) is 5.32 Å². The van der Waals surface area contributed by atoms with Crippen molar-refractivity contribution < 1.29 is 23.8 Å². The Morgan fingerprint density at radius 1 is 0.904 bits per heavy atom. The van der Waals surface area contributed by atoms with Crippen molar-refractivity contribution in [2.45, 2.75) is 131 Å². The van der Waals surface area contributed by atoms with Gasteiger partial charge in [0, 0.05) is 5.54 Å². The Balaban J connectivity index is 1.13. The van der Waals surface area contributed by atoms with Crippen molar-refractivity contribution >= 4 is 11.9 Å². The van der Waals surface area contributed by atoms with Gasteiger partial charge in [0.2, 0.25) is 0 Å². The zero-order chi connectivity index (χ0) is 37.3. The molecule has 0 radical (unpaired) electrons. The number of carboxylic acids is 1. The van der Waals surface area contributed by atoms with Crippen molar-refractivity contribution in [2.75, 3.05) is 13.2 Å². The molecule has 52 heavy (non-hydrogen) atoms. The highest BCUT2D eigenvalue weighted by molar-refractivity contribution is 5.78. The van der Waals surface area contributed by atoms with Gasteiger partial charge >= 0.3 is 11.9 Å². The van der Waals surface area contributed by atoms with Gasteiger partial charge in [-0.2, -0.15) is 0 Å². The Kier molecular flexibility index (Phi) is 9.57. The lowest BCUT2D eigenvalue weighted by atomic mass is 9.33. The number of benzene rings is 1. The molecular formula is C46H64FNO4. The molecule has 10 atom stereocenters. The van der Waals surface area contributed by atoms with Crippen LogP contribution in [0.5, 0.6) is 0 Å². The van der Waals surface area contributed by atoms with Crippen molar-refractivity contribution in [3.8, 4) is 0 Å². The summed E-state index contributed by atoms with van der Waals surface area (Å²) >= 11 is 0. The number of fused-ring (bicyclic) bond motifs is 7. The first-order chi connectivity index (χ1) is 24.6. The minimum atomic E-state index is -1.10. The fraction of sp³-hybridized carbons (Fsp3) is 0.696. The maximum absolute atomic E-state index is 14.7. The first kappa shape index (κ1) is 37.6. The number of ether oxygens (including phenoxy) is 1. The molecule has 4 fully saturated rings. The van der Waals surface area contributed by atoms with Crippen LogP contribution in [0.4, 0.5) is 4.39 Å². The molecule has 0 amide bonds.